The van der Waals surface area contributed by atoms with Crippen LogP contribution in [0.2, 0.25) is 0 Å². The second kappa shape index (κ2) is 8.70. The highest BCUT2D eigenvalue weighted by Crippen LogP contribution is 2.28. The number of rotatable bonds is 7. The number of aldehydes is 1. The van der Waals surface area contributed by atoms with E-state index in [-0.39, 0.29) is 5.41 Å². The summed E-state index contributed by atoms with van der Waals surface area (Å²) in [6.07, 6.45) is 1.32. The number of hydrogen-bond donors (Lipinski definition) is 1. The van der Waals surface area contributed by atoms with Gasteiger partial charge >= 0.3 is 5.97 Å². The van der Waals surface area contributed by atoms with Gasteiger partial charge < -0.3 is 19.6 Å². The maximum Gasteiger partial charge on any atom is 0.350 e. The molecule has 23 heavy (non-hydrogen) atoms. The van der Waals surface area contributed by atoms with Crippen LogP contribution in [-0.2, 0) is 14.3 Å². The Balaban J connectivity index is 3.07. The molecule has 126 valence electrons. The van der Waals surface area contributed by atoms with Crippen LogP contribution in [0, 0.1) is 17.3 Å². The molecule has 0 aliphatic heterocycles. The largest absolute Gasteiger partial charge is 0.465 e. The summed E-state index contributed by atoms with van der Waals surface area (Å²) in [6.45, 7) is 6.49. The number of nitrogens with one attached hydrogen (secondary N) is 1. The van der Waals surface area contributed by atoms with E-state index in [1.54, 1.807) is 13.2 Å². The molecule has 0 saturated carbocycles. The number of esters is 1. The van der Waals surface area contributed by atoms with Gasteiger partial charge in [-0.3, -0.25) is 0 Å². The fourth-order valence-corrected chi connectivity index (χ4v) is 2.57. The molecule has 0 spiro atoms. The molecular weight excluding hydrogens is 314 g/mol. The first kappa shape index (κ1) is 19.2. The highest BCUT2D eigenvalue weighted by atomic mass is 32.1. The summed E-state index contributed by atoms with van der Waals surface area (Å²) in [4.78, 5) is 24.3. The maximum atomic E-state index is 11.9. The fourth-order valence-electron chi connectivity index (χ4n) is 1.67. The quantitative estimate of drug-likeness (QED) is 0.471. The first-order valence-electron chi connectivity index (χ1n) is 7.26. The summed E-state index contributed by atoms with van der Waals surface area (Å²) in [7, 11) is 2.90. The predicted octanol–water partition coefficient (Wildman–Crippen LogP) is 2.95. The minimum atomic E-state index is -0.447. The van der Waals surface area contributed by atoms with Crippen LogP contribution in [0.4, 0.5) is 5.69 Å². The van der Waals surface area contributed by atoms with E-state index < -0.39 is 12.0 Å². The molecule has 0 bridgehead atoms. The molecule has 1 N–H and O–H groups in total. The molecule has 0 aliphatic rings. The minimum Gasteiger partial charge on any atom is -0.465 e. The maximum absolute atomic E-state index is 11.9. The number of thiophene rings is 1. The zero-order chi connectivity index (χ0) is 17.5. The normalized spacial score (nSPS) is 12.0. The summed E-state index contributed by atoms with van der Waals surface area (Å²) in [5.74, 6) is 5.75. The highest BCUT2D eigenvalue weighted by Gasteiger charge is 2.19. The SMILES string of the molecule is COCCC(C=O)Nc1cc(C#CC(C)(C)C)sc1C(=O)OC. The molecule has 0 amide bonds. The van der Waals surface area contributed by atoms with Gasteiger partial charge in [-0.05, 0) is 33.3 Å². The monoisotopic (exact) mass is 337 g/mol. The average Bonchev–Trinajstić information content (AvgIpc) is 2.90. The van der Waals surface area contributed by atoms with Crippen LogP contribution >= 0.6 is 11.3 Å². The molecule has 0 saturated heterocycles. The molecule has 1 unspecified atom stereocenters. The summed E-state index contributed by atoms with van der Waals surface area (Å²) < 4.78 is 9.78. The number of ether oxygens (including phenoxy) is 2. The number of anilines is 1. The molecule has 1 atom stereocenters. The van der Waals surface area contributed by atoms with E-state index in [9.17, 15) is 9.59 Å². The summed E-state index contributed by atoms with van der Waals surface area (Å²) in [5, 5.41) is 3.06. The first-order chi connectivity index (χ1) is 10.8. The molecule has 1 aromatic rings. The van der Waals surface area contributed by atoms with Crippen molar-refractivity contribution in [1.82, 2.24) is 0 Å². The fraction of sp³-hybridized carbons (Fsp3) is 0.529. The lowest BCUT2D eigenvalue weighted by atomic mass is 9.98. The Hall–Kier alpha value is -1.84. The van der Waals surface area contributed by atoms with E-state index >= 15 is 0 Å². The van der Waals surface area contributed by atoms with E-state index in [0.29, 0.717) is 23.6 Å². The Kier molecular flexibility index (Phi) is 7.27. The van der Waals surface area contributed by atoms with Crippen molar-refractivity contribution in [2.24, 2.45) is 5.41 Å². The van der Waals surface area contributed by atoms with Gasteiger partial charge in [0.15, 0.2) is 0 Å². The van der Waals surface area contributed by atoms with Gasteiger partial charge in [0.1, 0.15) is 11.2 Å². The number of methoxy groups -OCH3 is 2. The van der Waals surface area contributed by atoms with Gasteiger partial charge in [-0.2, -0.15) is 0 Å². The third-order valence-electron chi connectivity index (χ3n) is 2.80. The van der Waals surface area contributed by atoms with E-state index in [1.165, 1.54) is 18.4 Å². The summed E-state index contributed by atoms with van der Waals surface area (Å²) >= 11 is 1.25. The van der Waals surface area contributed by atoms with Crippen molar-refractivity contribution in [2.75, 3.05) is 26.1 Å². The summed E-state index contributed by atoms with van der Waals surface area (Å²) in [6, 6.07) is 1.34. The first-order valence-corrected chi connectivity index (χ1v) is 8.08. The number of carbonyl (C=O) groups excluding carboxylic acids is 2. The zero-order valence-electron chi connectivity index (χ0n) is 14.2. The second-order valence-corrected chi connectivity index (χ2v) is 7.07. The van der Waals surface area contributed by atoms with E-state index in [0.717, 1.165) is 11.2 Å². The molecule has 0 fully saturated rings. The standard InChI is InChI=1S/C17H23NO4S/c1-17(2,3)8-6-13-10-14(15(23-13)16(20)22-5)18-12(11-19)7-9-21-4/h10-12,18H,7,9H2,1-5H3. The molecular formula is C17H23NO4S. The lowest BCUT2D eigenvalue weighted by molar-refractivity contribution is -0.108. The van der Waals surface area contributed by atoms with Crippen molar-refractivity contribution >= 4 is 29.3 Å². The Morgan fingerprint density at radius 2 is 2.13 bits per heavy atom. The van der Waals surface area contributed by atoms with Crippen LogP contribution in [-0.4, -0.2) is 39.1 Å². The molecule has 6 heteroatoms. The average molecular weight is 337 g/mol. The van der Waals surface area contributed by atoms with Crippen LogP contribution in [0.1, 0.15) is 41.7 Å². The molecule has 0 aliphatic carbocycles. The van der Waals surface area contributed by atoms with Crippen LogP contribution in [0.15, 0.2) is 6.07 Å². The molecule has 0 radical (unpaired) electrons. The molecule has 1 rings (SSSR count). The predicted molar refractivity (Wildman–Crippen MR) is 92.0 cm³/mol. The van der Waals surface area contributed by atoms with Crippen LogP contribution in [0.3, 0.4) is 0 Å². The molecule has 5 nitrogen and oxygen atoms in total. The van der Waals surface area contributed by atoms with Crippen LogP contribution in [0.25, 0.3) is 0 Å². The molecule has 1 heterocycles. The van der Waals surface area contributed by atoms with E-state index in [4.69, 9.17) is 9.47 Å². The van der Waals surface area contributed by atoms with Crippen molar-refractivity contribution in [3.63, 3.8) is 0 Å². The Morgan fingerprint density at radius 3 is 2.65 bits per heavy atom. The number of hydrogen-bond acceptors (Lipinski definition) is 6. The van der Waals surface area contributed by atoms with Crippen molar-refractivity contribution in [3.8, 4) is 11.8 Å². The topological polar surface area (TPSA) is 64.6 Å². The van der Waals surface area contributed by atoms with Crippen molar-refractivity contribution < 1.29 is 19.1 Å². The van der Waals surface area contributed by atoms with E-state index in [2.05, 4.69) is 17.2 Å². The third-order valence-corrected chi connectivity index (χ3v) is 3.83. The van der Waals surface area contributed by atoms with E-state index in [1.807, 2.05) is 20.8 Å². The number of carbonyl (C=O) groups is 2. The Bertz CT molecular complexity index is 604. The molecule has 0 aromatic carbocycles. The lowest BCUT2D eigenvalue weighted by Gasteiger charge is -2.13. The van der Waals surface area contributed by atoms with Gasteiger partial charge in [0.05, 0.1) is 23.7 Å². The highest BCUT2D eigenvalue weighted by molar-refractivity contribution is 7.15. The van der Waals surface area contributed by atoms with Gasteiger partial charge in [-0.1, -0.05) is 11.8 Å². The van der Waals surface area contributed by atoms with Crippen molar-refractivity contribution in [3.05, 3.63) is 15.8 Å². The third kappa shape index (κ3) is 6.43. The van der Waals surface area contributed by atoms with Gasteiger partial charge in [0, 0.05) is 19.1 Å². The Labute approximate surface area is 141 Å². The minimum absolute atomic E-state index is 0.132. The zero-order valence-corrected chi connectivity index (χ0v) is 15.0. The summed E-state index contributed by atoms with van der Waals surface area (Å²) in [5.41, 5.74) is 0.431. The molecule has 1 aromatic heterocycles. The van der Waals surface area contributed by atoms with Crippen LogP contribution in [0.5, 0.6) is 0 Å². The van der Waals surface area contributed by atoms with Gasteiger partial charge in [0.25, 0.3) is 0 Å². The Morgan fingerprint density at radius 1 is 1.43 bits per heavy atom. The van der Waals surface area contributed by atoms with Crippen LogP contribution < -0.4 is 5.32 Å². The lowest BCUT2D eigenvalue weighted by Crippen LogP contribution is -2.23. The van der Waals surface area contributed by atoms with Gasteiger partial charge in [0.2, 0.25) is 0 Å². The van der Waals surface area contributed by atoms with Gasteiger partial charge in [-0.25, -0.2) is 4.79 Å². The van der Waals surface area contributed by atoms with Crippen molar-refractivity contribution in [2.45, 2.75) is 33.2 Å². The second-order valence-electron chi connectivity index (χ2n) is 6.01. The van der Waals surface area contributed by atoms with Gasteiger partial charge in [-0.15, -0.1) is 11.3 Å². The smallest absolute Gasteiger partial charge is 0.350 e. The van der Waals surface area contributed by atoms with Crippen molar-refractivity contribution in [1.29, 1.82) is 0 Å².